The molecule has 3 N–H and O–H groups in total. The first-order valence-corrected chi connectivity index (χ1v) is 6.92. The molecule has 3 rings (SSSR count). The highest BCUT2D eigenvalue weighted by Crippen LogP contribution is 2.36. The Kier molecular flexibility index (Phi) is 3.66. The monoisotopic (exact) mass is 290 g/mol. The quantitative estimate of drug-likeness (QED) is 0.838. The van der Waals surface area contributed by atoms with E-state index in [-0.39, 0.29) is 12.7 Å². The number of nitrogens with zero attached hydrogens (tertiary/aromatic N) is 2. The maximum Gasteiger partial charge on any atom is 0.231 e. The summed E-state index contributed by atoms with van der Waals surface area (Å²) in [6.07, 6.45) is 0.390. The van der Waals surface area contributed by atoms with Crippen LogP contribution >= 0.6 is 0 Å². The van der Waals surface area contributed by atoms with Crippen LogP contribution in [0.5, 0.6) is 11.5 Å². The van der Waals surface area contributed by atoms with Gasteiger partial charge >= 0.3 is 0 Å². The van der Waals surface area contributed by atoms with Crippen molar-refractivity contribution in [3.05, 3.63) is 18.0 Å². The Balaban J connectivity index is 1.81. The molecule has 1 aliphatic heterocycles. The number of hydrogen-bond donors (Lipinski definition) is 2. The van der Waals surface area contributed by atoms with E-state index in [4.69, 9.17) is 15.2 Å². The van der Waals surface area contributed by atoms with Crippen LogP contribution in [0.1, 0.15) is 12.2 Å². The molecule has 2 heterocycles. The lowest BCUT2D eigenvalue weighted by molar-refractivity contribution is -0.121. The average molecular weight is 290 g/mol. The van der Waals surface area contributed by atoms with Gasteiger partial charge in [0, 0.05) is 38.2 Å². The van der Waals surface area contributed by atoms with Crippen LogP contribution < -0.4 is 20.5 Å². The van der Waals surface area contributed by atoms with E-state index in [1.54, 1.807) is 0 Å². The Morgan fingerprint density at radius 3 is 2.95 bits per heavy atom. The van der Waals surface area contributed by atoms with Crippen molar-refractivity contribution >= 4 is 16.9 Å². The molecule has 0 spiro atoms. The molecule has 7 heteroatoms. The Morgan fingerprint density at radius 1 is 1.43 bits per heavy atom. The van der Waals surface area contributed by atoms with E-state index in [1.807, 2.05) is 23.6 Å². The Morgan fingerprint density at radius 2 is 2.19 bits per heavy atom. The van der Waals surface area contributed by atoms with Gasteiger partial charge in [0.05, 0.1) is 11.0 Å². The Hall–Kier alpha value is -2.28. The maximum atomic E-state index is 11.7. The number of carbonyl (C=O) groups is 1. The zero-order chi connectivity index (χ0) is 14.8. The van der Waals surface area contributed by atoms with E-state index in [2.05, 4.69) is 10.3 Å². The van der Waals surface area contributed by atoms with Crippen LogP contribution in [0, 0.1) is 6.92 Å². The van der Waals surface area contributed by atoms with E-state index in [0.717, 1.165) is 22.6 Å². The predicted molar refractivity (Wildman–Crippen MR) is 77.3 cm³/mol. The second-order valence-electron chi connectivity index (χ2n) is 4.89. The summed E-state index contributed by atoms with van der Waals surface area (Å²) in [5, 5.41) is 2.76. The van der Waals surface area contributed by atoms with Gasteiger partial charge in [0.25, 0.3) is 0 Å². The van der Waals surface area contributed by atoms with Gasteiger partial charge < -0.3 is 25.1 Å². The number of aryl methyl sites for hydroxylation is 2. The van der Waals surface area contributed by atoms with Crippen LogP contribution in [0.3, 0.4) is 0 Å². The van der Waals surface area contributed by atoms with Gasteiger partial charge in [-0.3, -0.25) is 4.79 Å². The van der Waals surface area contributed by atoms with Gasteiger partial charge in [-0.25, -0.2) is 4.98 Å². The topological polar surface area (TPSA) is 91.4 Å². The standard InChI is InChI=1S/C14H18N4O3/c1-9-17-10-6-12-13(21-8-20-12)7-11(10)18(9)5-2-14(19)16-4-3-15/h6-7H,2-5,8,15H2,1H3,(H,16,19). The summed E-state index contributed by atoms with van der Waals surface area (Å²) in [6.45, 7) is 3.68. The molecule has 1 aliphatic rings. The lowest BCUT2D eigenvalue weighted by Crippen LogP contribution is -2.29. The summed E-state index contributed by atoms with van der Waals surface area (Å²) in [6, 6.07) is 3.78. The predicted octanol–water partition coefficient (Wildman–Crippen LogP) is 0.538. The number of carbonyl (C=O) groups excluding carboxylic acids is 1. The minimum Gasteiger partial charge on any atom is -0.454 e. The van der Waals surface area contributed by atoms with Gasteiger partial charge in [-0.05, 0) is 6.92 Å². The lowest BCUT2D eigenvalue weighted by atomic mass is 10.2. The van der Waals surface area contributed by atoms with Gasteiger partial charge in [0.2, 0.25) is 12.7 Å². The van der Waals surface area contributed by atoms with Crippen molar-refractivity contribution < 1.29 is 14.3 Å². The fourth-order valence-corrected chi connectivity index (χ4v) is 2.43. The van der Waals surface area contributed by atoms with E-state index >= 15 is 0 Å². The third-order valence-corrected chi connectivity index (χ3v) is 3.46. The fraction of sp³-hybridized carbons (Fsp3) is 0.429. The zero-order valence-corrected chi connectivity index (χ0v) is 11.9. The smallest absolute Gasteiger partial charge is 0.231 e. The number of benzene rings is 1. The molecule has 0 saturated carbocycles. The number of nitrogens with one attached hydrogen (secondary N) is 1. The molecule has 21 heavy (non-hydrogen) atoms. The van der Waals surface area contributed by atoms with Crippen LogP contribution in [-0.2, 0) is 11.3 Å². The summed E-state index contributed by atoms with van der Waals surface area (Å²) >= 11 is 0. The minimum absolute atomic E-state index is 0.0116. The summed E-state index contributed by atoms with van der Waals surface area (Å²) in [7, 11) is 0. The highest BCUT2D eigenvalue weighted by Gasteiger charge is 2.18. The molecule has 0 atom stereocenters. The molecular weight excluding hydrogens is 272 g/mol. The van der Waals surface area contributed by atoms with Crippen molar-refractivity contribution in [2.75, 3.05) is 19.9 Å². The number of aromatic nitrogens is 2. The van der Waals surface area contributed by atoms with Crippen LogP contribution in [0.25, 0.3) is 11.0 Å². The highest BCUT2D eigenvalue weighted by atomic mass is 16.7. The van der Waals surface area contributed by atoms with Crippen LogP contribution in [0.15, 0.2) is 12.1 Å². The summed E-state index contributed by atoms with van der Waals surface area (Å²) in [4.78, 5) is 16.2. The fourth-order valence-electron chi connectivity index (χ4n) is 2.43. The third-order valence-electron chi connectivity index (χ3n) is 3.46. The molecule has 0 saturated heterocycles. The number of fused-ring (bicyclic) bond motifs is 2. The summed E-state index contributed by atoms with van der Waals surface area (Å²) in [5.74, 6) is 2.28. The highest BCUT2D eigenvalue weighted by molar-refractivity contribution is 5.81. The minimum atomic E-state index is -0.0116. The van der Waals surface area contributed by atoms with Crippen LogP contribution in [0.4, 0.5) is 0 Å². The van der Waals surface area contributed by atoms with E-state index in [0.29, 0.717) is 31.8 Å². The van der Waals surface area contributed by atoms with Crippen molar-refractivity contribution in [2.45, 2.75) is 19.9 Å². The van der Waals surface area contributed by atoms with E-state index < -0.39 is 0 Å². The Labute approximate surface area is 122 Å². The van der Waals surface area contributed by atoms with Gasteiger partial charge in [0.1, 0.15) is 5.82 Å². The summed E-state index contributed by atoms with van der Waals surface area (Å²) in [5.41, 5.74) is 7.16. The molecule has 1 aromatic carbocycles. The van der Waals surface area contributed by atoms with Crippen molar-refractivity contribution in [2.24, 2.45) is 5.73 Å². The van der Waals surface area contributed by atoms with Gasteiger partial charge in [0.15, 0.2) is 11.5 Å². The first kappa shape index (κ1) is 13.7. The molecular formula is C14H18N4O3. The van der Waals surface area contributed by atoms with Crippen molar-refractivity contribution in [3.63, 3.8) is 0 Å². The number of nitrogens with two attached hydrogens (primary N) is 1. The van der Waals surface area contributed by atoms with Crippen molar-refractivity contribution in [1.82, 2.24) is 14.9 Å². The maximum absolute atomic E-state index is 11.7. The molecule has 7 nitrogen and oxygen atoms in total. The largest absolute Gasteiger partial charge is 0.454 e. The molecule has 0 fully saturated rings. The number of hydrogen-bond acceptors (Lipinski definition) is 5. The first-order valence-electron chi connectivity index (χ1n) is 6.92. The first-order chi connectivity index (χ1) is 10.2. The average Bonchev–Trinajstić information content (AvgIpc) is 3.03. The lowest BCUT2D eigenvalue weighted by Gasteiger charge is -2.07. The zero-order valence-electron chi connectivity index (χ0n) is 11.9. The third kappa shape index (κ3) is 2.64. The SMILES string of the molecule is Cc1nc2cc3c(cc2n1CCC(=O)NCCN)OCO3. The second kappa shape index (κ2) is 5.61. The molecule has 0 unspecified atom stereocenters. The van der Waals surface area contributed by atoms with Gasteiger partial charge in [-0.15, -0.1) is 0 Å². The number of rotatable bonds is 5. The number of amides is 1. The normalized spacial score (nSPS) is 12.9. The van der Waals surface area contributed by atoms with Crippen molar-refractivity contribution in [1.29, 1.82) is 0 Å². The van der Waals surface area contributed by atoms with Crippen LogP contribution in [0.2, 0.25) is 0 Å². The van der Waals surface area contributed by atoms with Gasteiger partial charge in [-0.1, -0.05) is 0 Å². The Bertz CT molecular complexity index is 680. The van der Waals surface area contributed by atoms with E-state index in [1.165, 1.54) is 0 Å². The van der Waals surface area contributed by atoms with Crippen LogP contribution in [-0.4, -0.2) is 35.3 Å². The van der Waals surface area contributed by atoms with Crippen molar-refractivity contribution in [3.8, 4) is 11.5 Å². The van der Waals surface area contributed by atoms with E-state index in [9.17, 15) is 4.79 Å². The molecule has 0 radical (unpaired) electrons. The number of ether oxygens (including phenoxy) is 2. The molecule has 112 valence electrons. The molecule has 0 bridgehead atoms. The second-order valence-corrected chi connectivity index (χ2v) is 4.89. The number of imidazole rings is 1. The molecule has 2 aromatic rings. The van der Waals surface area contributed by atoms with Gasteiger partial charge in [-0.2, -0.15) is 0 Å². The molecule has 1 aromatic heterocycles. The molecule has 0 aliphatic carbocycles. The molecule has 1 amide bonds. The summed E-state index contributed by atoms with van der Waals surface area (Å²) < 4.78 is 12.8.